The number of benzene rings is 1. The SMILES string of the molecule is COC(=O)c1cc(Br)cc(C(=O)N2CCN(C)CC2)c1. The topological polar surface area (TPSA) is 49.9 Å². The first-order valence-corrected chi connectivity index (χ1v) is 7.17. The first-order chi connectivity index (χ1) is 9.51. The smallest absolute Gasteiger partial charge is 0.337 e. The standard InChI is InChI=1S/C14H17BrN2O3/c1-16-3-5-17(6-4-16)13(18)10-7-11(14(19)20-2)9-12(15)8-10/h7-9H,3-6H2,1-2H3. The number of halogens is 1. The molecule has 0 spiro atoms. The highest BCUT2D eigenvalue weighted by Crippen LogP contribution is 2.18. The van der Waals surface area contributed by atoms with Gasteiger partial charge in [-0.1, -0.05) is 15.9 Å². The predicted octanol–water partition coefficient (Wildman–Crippen LogP) is 1.62. The maximum Gasteiger partial charge on any atom is 0.337 e. The number of hydrogen-bond acceptors (Lipinski definition) is 4. The van der Waals surface area contributed by atoms with Crippen LogP contribution in [0.1, 0.15) is 20.7 Å². The molecule has 0 unspecified atom stereocenters. The van der Waals surface area contributed by atoms with Gasteiger partial charge in [-0.05, 0) is 25.2 Å². The van der Waals surface area contributed by atoms with Gasteiger partial charge >= 0.3 is 5.97 Å². The minimum atomic E-state index is -0.446. The molecule has 0 aromatic heterocycles. The Morgan fingerprint density at radius 1 is 1.10 bits per heavy atom. The van der Waals surface area contributed by atoms with Crippen LogP contribution >= 0.6 is 15.9 Å². The molecule has 0 radical (unpaired) electrons. The first kappa shape index (κ1) is 15.0. The number of carbonyl (C=O) groups is 2. The fourth-order valence-corrected chi connectivity index (χ4v) is 2.63. The maximum absolute atomic E-state index is 12.5. The van der Waals surface area contributed by atoms with Gasteiger partial charge in [-0.3, -0.25) is 4.79 Å². The molecular weight excluding hydrogens is 324 g/mol. The maximum atomic E-state index is 12.5. The van der Waals surface area contributed by atoms with Crippen molar-refractivity contribution < 1.29 is 14.3 Å². The van der Waals surface area contributed by atoms with E-state index in [0.717, 1.165) is 13.1 Å². The normalized spacial score (nSPS) is 16.1. The zero-order valence-electron chi connectivity index (χ0n) is 11.6. The van der Waals surface area contributed by atoms with Crippen LogP contribution in [0.25, 0.3) is 0 Å². The third-order valence-corrected chi connectivity index (χ3v) is 3.81. The second-order valence-corrected chi connectivity index (χ2v) is 5.73. The van der Waals surface area contributed by atoms with Crippen LogP contribution in [-0.2, 0) is 4.74 Å². The van der Waals surface area contributed by atoms with Crippen LogP contribution in [0, 0.1) is 0 Å². The summed E-state index contributed by atoms with van der Waals surface area (Å²) in [5.41, 5.74) is 0.878. The predicted molar refractivity (Wildman–Crippen MR) is 78.9 cm³/mol. The first-order valence-electron chi connectivity index (χ1n) is 6.38. The summed E-state index contributed by atoms with van der Waals surface area (Å²) in [6.45, 7) is 3.14. The van der Waals surface area contributed by atoms with Gasteiger partial charge in [0.05, 0.1) is 12.7 Å². The van der Waals surface area contributed by atoms with Crippen LogP contribution in [0.15, 0.2) is 22.7 Å². The van der Waals surface area contributed by atoms with Crippen LogP contribution in [0.4, 0.5) is 0 Å². The molecule has 0 N–H and O–H groups in total. The van der Waals surface area contributed by atoms with Crippen LogP contribution in [-0.4, -0.2) is 62.0 Å². The Hall–Kier alpha value is -1.40. The average Bonchev–Trinajstić information content (AvgIpc) is 2.45. The van der Waals surface area contributed by atoms with Crippen molar-refractivity contribution in [3.05, 3.63) is 33.8 Å². The Balaban J connectivity index is 2.21. The fraction of sp³-hybridized carbons (Fsp3) is 0.429. The van der Waals surface area contributed by atoms with Gasteiger partial charge in [0.25, 0.3) is 5.91 Å². The van der Waals surface area contributed by atoms with Crippen LogP contribution < -0.4 is 0 Å². The molecule has 1 amide bonds. The molecule has 0 aliphatic carbocycles. The molecule has 2 rings (SSSR count). The van der Waals surface area contributed by atoms with Gasteiger partial charge < -0.3 is 14.5 Å². The molecule has 0 bridgehead atoms. The summed E-state index contributed by atoms with van der Waals surface area (Å²) in [5.74, 6) is -0.497. The Bertz CT molecular complexity index is 525. The number of ether oxygens (including phenoxy) is 1. The summed E-state index contributed by atoms with van der Waals surface area (Å²) in [4.78, 5) is 28.0. The summed E-state index contributed by atoms with van der Waals surface area (Å²) < 4.78 is 5.39. The molecule has 20 heavy (non-hydrogen) atoms. The monoisotopic (exact) mass is 340 g/mol. The van der Waals surface area contributed by atoms with E-state index in [1.165, 1.54) is 7.11 Å². The molecule has 1 aliphatic rings. The zero-order valence-corrected chi connectivity index (χ0v) is 13.1. The lowest BCUT2D eigenvalue weighted by Crippen LogP contribution is -2.47. The number of esters is 1. The van der Waals surface area contributed by atoms with Gasteiger partial charge in [-0.2, -0.15) is 0 Å². The molecule has 1 aromatic carbocycles. The highest BCUT2D eigenvalue weighted by molar-refractivity contribution is 9.10. The molecule has 6 heteroatoms. The van der Waals surface area contributed by atoms with Crippen LogP contribution in [0.5, 0.6) is 0 Å². The van der Waals surface area contributed by atoms with E-state index in [-0.39, 0.29) is 5.91 Å². The minimum Gasteiger partial charge on any atom is -0.465 e. The highest BCUT2D eigenvalue weighted by Gasteiger charge is 2.21. The second kappa shape index (κ2) is 6.37. The van der Waals surface area contributed by atoms with E-state index in [4.69, 9.17) is 4.74 Å². The van der Waals surface area contributed by atoms with Gasteiger partial charge in [0.2, 0.25) is 0 Å². The van der Waals surface area contributed by atoms with Gasteiger partial charge in [-0.15, -0.1) is 0 Å². The van der Waals surface area contributed by atoms with E-state index in [1.54, 1.807) is 18.2 Å². The van der Waals surface area contributed by atoms with Crippen molar-refractivity contribution >= 4 is 27.8 Å². The largest absolute Gasteiger partial charge is 0.465 e. The van der Waals surface area contributed by atoms with E-state index in [9.17, 15) is 9.59 Å². The fourth-order valence-electron chi connectivity index (χ4n) is 2.14. The number of methoxy groups -OCH3 is 1. The Morgan fingerprint density at radius 2 is 1.70 bits per heavy atom. The van der Waals surface area contributed by atoms with Crippen molar-refractivity contribution in [2.75, 3.05) is 40.3 Å². The third kappa shape index (κ3) is 3.37. The Labute approximate surface area is 126 Å². The number of rotatable bonds is 2. The number of nitrogens with zero attached hydrogens (tertiary/aromatic N) is 2. The number of likely N-dealkylation sites (N-methyl/N-ethyl adjacent to an activating group) is 1. The molecular formula is C14H17BrN2O3. The van der Waals surface area contributed by atoms with Crippen molar-refractivity contribution in [3.63, 3.8) is 0 Å². The van der Waals surface area contributed by atoms with Crippen molar-refractivity contribution in [1.82, 2.24) is 9.80 Å². The second-order valence-electron chi connectivity index (χ2n) is 4.82. The van der Waals surface area contributed by atoms with E-state index < -0.39 is 5.97 Å². The quantitative estimate of drug-likeness (QED) is 0.767. The van der Waals surface area contributed by atoms with Crippen molar-refractivity contribution in [2.45, 2.75) is 0 Å². The third-order valence-electron chi connectivity index (χ3n) is 3.36. The molecule has 5 nitrogen and oxygen atoms in total. The molecule has 1 aromatic rings. The number of carbonyl (C=O) groups excluding carboxylic acids is 2. The molecule has 108 valence electrons. The van der Waals surface area contributed by atoms with E-state index in [0.29, 0.717) is 28.7 Å². The number of piperazine rings is 1. The van der Waals surface area contributed by atoms with Crippen molar-refractivity contribution in [2.24, 2.45) is 0 Å². The lowest BCUT2D eigenvalue weighted by Gasteiger charge is -2.32. The lowest BCUT2D eigenvalue weighted by atomic mass is 10.1. The van der Waals surface area contributed by atoms with E-state index in [2.05, 4.69) is 20.8 Å². The zero-order chi connectivity index (χ0) is 14.7. The molecule has 1 heterocycles. The van der Waals surface area contributed by atoms with E-state index in [1.807, 2.05) is 11.9 Å². The van der Waals surface area contributed by atoms with Gasteiger partial charge in [-0.25, -0.2) is 4.79 Å². The summed E-state index contributed by atoms with van der Waals surface area (Å²) in [6.07, 6.45) is 0. The number of amides is 1. The molecule has 1 fully saturated rings. The summed E-state index contributed by atoms with van der Waals surface area (Å²) in [7, 11) is 3.36. The van der Waals surface area contributed by atoms with Crippen molar-refractivity contribution in [1.29, 1.82) is 0 Å². The molecule has 0 atom stereocenters. The van der Waals surface area contributed by atoms with Crippen LogP contribution in [0.2, 0.25) is 0 Å². The average molecular weight is 341 g/mol. The summed E-state index contributed by atoms with van der Waals surface area (Å²) in [5, 5.41) is 0. The minimum absolute atomic E-state index is 0.0513. The van der Waals surface area contributed by atoms with Crippen molar-refractivity contribution in [3.8, 4) is 0 Å². The lowest BCUT2D eigenvalue weighted by molar-refractivity contribution is 0.0600. The van der Waals surface area contributed by atoms with E-state index >= 15 is 0 Å². The number of hydrogen-bond donors (Lipinski definition) is 0. The van der Waals surface area contributed by atoms with Crippen LogP contribution in [0.3, 0.4) is 0 Å². The van der Waals surface area contributed by atoms with Gasteiger partial charge in [0.1, 0.15) is 0 Å². The molecule has 0 saturated carbocycles. The highest BCUT2D eigenvalue weighted by atomic mass is 79.9. The summed E-state index contributed by atoms with van der Waals surface area (Å²) >= 11 is 3.33. The van der Waals surface area contributed by atoms with Gasteiger partial charge in [0, 0.05) is 36.2 Å². The Morgan fingerprint density at radius 3 is 2.30 bits per heavy atom. The summed E-state index contributed by atoms with van der Waals surface area (Å²) in [6, 6.07) is 4.96. The molecule has 1 aliphatic heterocycles. The Kier molecular flexibility index (Phi) is 4.77. The molecule has 1 saturated heterocycles. The van der Waals surface area contributed by atoms with Gasteiger partial charge in [0.15, 0.2) is 0 Å².